The van der Waals surface area contributed by atoms with Crippen LogP contribution in [0.15, 0.2) is 30.3 Å². The Bertz CT molecular complexity index is 1460. The van der Waals surface area contributed by atoms with Crippen LogP contribution < -0.4 is 0 Å². The van der Waals surface area contributed by atoms with Crippen molar-refractivity contribution in [2.45, 2.75) is 105 Å². The highest BCUT2D eigenvalue weighted by atomic mass is 16.6. The van der Waals surface area contributed by atoms with Crippen LogP contribution in [0.3, 0.4) is 0 Å². The number of nitrogens with zero attached hydrogens (tertiary/aromatic N) is 2. The van der Waals surface area contributed by atoms with E-state index < -0.39 is 11.2 Å². The normalized spacial score (nSPS) is 27.8. The standard InChI is InChI=1S/C34H42N2O4/c1-17-13-21-11-12-22-26-28-24-15-19(3)20(4)16-25(24)29(36(28)32(38)40-34(8,9)10)30(26)35(31(37)39-33(5,6)7)27(22)23(21)14-18(17)2/h11-16,22,26-30H,1-10H3/t22-,26-,27+,28-,29+,30-/m1/s1. The highest BCUT2D eigenvalue weighted by molar-refractivity contribution is 5.77. The van der Waals surface area contributed by atoms with Crippen LogP contribution >= 0.6 is 0 Å². The van der Waals surface area contributed by atoms with Gasteiger partial charge in [0.15, 0.2) is 0 Å². The number of amides is 2. The van der Waals surface area contributed by atoms with Gasteiger partial charge in [-0.25, -0.2) is 9.59 Å². The predicted molar refractivity (Wildman–Crippen MR) is 156 cm³/mol. The molecule has 4 aliphatic rings. The fourth-order valence-electron chi connectivity index (χ4n) is 7.50. The van der Waals surface area contributed by atoms with Gasteiger partial charge in [0.25, 0.3) is 0 Å². The van der Waals surface area contributed by atoms with Crippen molar-refractivity contribution in [1.29, 1.82) is 0 Å². The Morgan fingerprint density at radius 3 is 1.68 bits per heavy atom. The lowest BCUT2D eigenvalue weighted by Gasteiger charge is -2.38. The van der Waals surface area contributed by atoms with E-state index >= 15 is 0 Å². The zero-order chi connectivity index (χ0) is 29.0. The molecule has 2 fully saturated rings. The number of aryl methyl sites for hydroxylation is 4. The number of hydrogen-bond acceptors (Lipinski definition) is 4. The maximum atomic E-state index is 14.2. The summed E-state index contributed by atoms with van der Waals surface area (Å²) in [7, 11) is 0. The lowest BCUT2D eigenvalue weighted by Crippen LogP contribution is -2.46. The number of carbonyl (C=O) groups is 2. The molecule has 0 radical (unpaired) electrons. The highest BCUT2D eigenvalue weighted by Gasteiger charge is 2.69. The Labute approximate surface area is 238 Å². The Morgan fingerprint density at radius 1 is 0.650 bits per heavy atom. The number of likely N-dealkylation sites (tertiary alicyclic amines) is 1. The summed E-state index contributed by atoms with van der Waals surface area (Å²) < 4.78 is 12.1. The molecule has 6 atom stereocenters. The van der Waals surface area contributed by atoms with Gasteiger partial charge in [-0.15, -0.1) is 0 Å². The summed E-state index contributed by atoms with van der Waals surface area (Å²) in [5.74, 6) is 0.0671. The minimum absolute atomic E-state index is 0.0238. The van der Waals surface area contributed by atoms with Crippen LogP contribution in [0, 0.1) is 39.5 Å². The smallest absolute Gasteiger partial charge is 0.411 e. The second kappa shape index (κ2) is 8.61. The molecule has 40 heavy (non-hydrogen) atoms. The molecule has 2 bridgehead atoms. The number of hydrogen-bond donors (Lipinski definition) is 0. The van der Waals surface area contributed by atoms with Gasteiger partial charge < -0.3 is 9.47 Å². The van der Waals surface area contributed by atoms with Crippen LogP contribution in [0.2, 0.25) is 0 Å². The van der Waals surface area contributed by atoms with E-state index in [0.29, 0.717) is 0 Å². The first-order valence-corrected chi connectivity index (χ1v) is 14.5. The van der Waals surface area contributed by atoms with Gasteiger partial charge in [0.2, 0.25) is 0 Å². The van der Waals surface area contributed by atoms with E-state index in [2.05, 4.69) is 64.1 Å². The van der Waals surface area contributed by atoms with Crippen LogP contribution in [0.5, 0.6) is 0 Å². The van der Waals surface area contributed by atoms with Gasteiger partial charge in [-0.1, -0.05) is 36.4 Å². The predicted octanol–water partition coefficient (Wildman–Crippen LogP) is 7.89. The molecule has 2 amide bonds. The van der Waals surface area contributed by atoms with Crippen LogP contribution in [-0.2, 0) is 9.47 Å². The van der Waals surface area contributed by atoms with Crippen LogP contribution in [-0.4, -0.2) is 39.2 Å². The third-order valence-electron chi connectivity index (χ3n) is 9.17. The van der Waals surface area contributed by atoms with E-state index in [0.717, 1.165) is 16.7 Å². The van der Waals surface area contributed by atoms with Crippen LogP contribution in [0.1, 0.15) is 104 Å². The van der Waals surface area contributed by atoms with E-state index in [4.69, 9.17) is 9.47 Å². The fraction of sp³-hybridized carbons (Fsp3) is 0.529. The maximum absolute atomic E-state index is 14.2. The van der Waals surface area contributed by atoms with Gasteiger partial charge in [0.1, 0.15) is 11.2 Å². The second-order valence-electron chi connectivity index (χ2n) is 14.2. The number of rotatable bonds is 0. The van der Waals surface area contributed by atoms with Crippen LogP contribution in [0.4, 0.5) is 9.59 Å². The van der Waals surface area contributed by atoms with Gasteiger partial charge in [0, 0.05) is 11.8 Å². The molecule has 0 N–H and O–H groups in total. The van der Waals surface area contributed by atoms with Crippen molar-refractivity contribution in [2.75, 3.05) is 0 Å². The molecule has 2 aromatic carbocycles. The first-order chi connectivity index (χ1) is 18.6. The average molecular weight is 543 g/mol. The van der Waals surface area contributed by atoms with E-state index in [1.807, 2.05) is 51.3 Å². The SMILES string of the molecule is Cc1cc2c(cc1C)[C@@H]1[C@H](C=C2)[C@H]2[C@H]([C@@H]3c4cc(C)c(C)cc4[C@H]2N3C(=O)OC(C)(C)C)N1C(=O)OC(C)(C)C. The monoisotopic (exact) mass is 542 g/mol. The number of benzene rings is 2. The van der Waals surface area contributed by atoms with Crippen molar-refractivity contribution < 1.29 is 19.1 Å². The molecule has 6 nitrogen and oxygen atoms in total. The molecule has 6 rings (SSSR count). The van der Waals surface area contributed by atoms with E-state index in [9.17, 15) is 9.59 Å². The summed E-state index contributed by atoms with van der Waals surface area (Å²) >= 11 is 0. The number of carbonyl (C=O) groups excluding carboxylic acids is 2. The number of fused-ring (bicyclic) bond motifs is 12. The third kappa shape index (κ3) is 3.97. The number of ether oxygens (including phenoxy) is 2. The van der Waals surface area contributed by atoms with Crippen molar-refractivity contribution in [3.8, 4) is 0 Å². The topological polar surface area (TPSA) is 59.1 Å². The van der Waals surface area contributed by atoms with Crippen molar-refractivity contribution in [2.24, 2.45) is 11.8 Å². The molecule has 3 heterocycles. The minimum atomic E-state index is -0.644. The lowest BCUT2D eigenvalue weighted by molar-refractivity contribution is -0.00246. The molecule has 2 aromatic rings. The Hall–Kier alpha value is -3.28. The summed E-state index contributed by atoms with van der Waals surface area (Å²) in [5.41, 5.74) is 8.19. The maximum Gasteiger partial charge on any atom is 0.411 e. The second-order valence-corrected chi connectivity index (χ2v) is 14.2. The summed E-state index contributed by atoms with van der Waals surface area (Å²) in [6.45, 7) is 19.9. The van der Waals surface area contributed by atoms with Gasteiger partial charge in [-0.05, 0) is 114 Å². The zero-order valence-corrected chi connectivity index (χ0v) is 25.5. The summed E-state index contributed by atoms with van der Waals surface area (Å²) in [5, 5.41) is 0. The largest absolute Gasteiger partial charge is 0.444 e. The van der Waals surface area contributed by atoms with Gasteiger partial charge in [-0.3, -0.25) is 9.80 Å². The molecular formula is C34H42N2O4. The lowest BCUT2D eigenvalue weighted by atomic mass is 9.72. The molecular weight excluding hydrogens is 500 g/mol. The van der Waals surface area contributed by atoms with Crippen molar-refractivity contribution in [3.63, 3.8) is 0 Å². The summed E-state index contributed by atoms with van der Waals surface area (Å²) in [6, 6.07) is 8.07. The molecule has 0 unspecified atom stereocenters. The molecule has 0 saturated carbocycles. The Kier molecular flexibility index (Phi) is 5.79. The van der Waals surface area contributed by atoms with Gasteiger partial charge >= 0.3 is 12.2 Å². The highest BCUT2D eigenvalue weighted by Crippen LogP contribution is 2.67. The Balaban J connectivity index is 1.55. The first-order valence-electron chi connectivity index (χ1n) is 14.5. The third-order valence-corrected chi connectivity index (χ3v) is 9.17. The quantitative estimate of drug-likeness (QED) is 0.340. The van der Waals surface area contributed by atoms with Gasteiger partial charge in [0.05, 0.1) is 24.2 Å². The van der Waals surface area contributed by atoms with Crippen molar-refractivity contribution >= 4 is 18.3 Å². The first kappa shape index (κ1) is 26.9. The van der Waals surface area contributed by atoms with Crippen LogP contribution in [0.25, 0.3) is 6.08 Å². The molecule has 3 aliphatic heterocycles. The van der Waals surface area contributed by atoms with E-state index in [-0.39, 0.29) is 48.2 Å². The zero-order valence-electron chi connectivity index (χ0n) is 25.5. The summed E-state index contributed by atoms with van der Waals surface area (Å²) in [4.78, 5) is 32.0. The van der Waals surface area contributed by atoms with Gasteiger partial charge in [-0.2, -0.15) is 0 Å². The van der Waals surface area contributed by atoms with Crippen molar-refractivity contribution in [1.82, 2.24) is 9.80 Å². The molecule has 6 heteroatoms. The molecule has 2 saturated heterocycles. The van der Waals surface area contributed by atoms with E-state index in [1.54, 1.807) is 0 Å². The molecule has 212 valence electrons. The Morgan fingerprint density at radius 2 is 1.12 bits per heavy atom. The minimum Gasteiger partial charge on any atom is -0.444 e. The molecule has 0 aromatic heterocycles. The average Bonchev–Trinajstić information content (AvgIpc) is 3.42. The molecule has 1 aliphatic carbocycles. The fourth-order valence-corrected chi connectivity index (χ4v) is 7.50. The molecule has 0 spiro atoms. The summed E-state index contributed by atoms with van der Waals surface area (Å²) in [6.07, 6.45) is 3.84. The van der Waals surface area contributed by atoms with Crippen molar-refractivity contribution in [3.05, 3.63) is 74.8 Å². The van der Waals surface area contributed by atoms with E-state index in [1.165, 1.54) is 27.8 Å².